The maximum Gasteiger partial charge on any atom is 0.425 e. The van der Waals surface area contributed by atoms with Crippen LogP contribution in [0.25, 0.3) is 0 Å². The van der Waals surface area contributed by atoms with Gasteiger partial charge in [-0.3, -0.25) is 10.1 Å². The average Bonchev–Trinajstić information content (AvgIpc) is 3.39. The normalized spacial score (nSPS) is 15.3. The number of aryl methyl sites for hydroxylation is 1. The Balaban J connectivity index is 1.53. The molecule has 12 heteroatoms. The van der Waals surface area contributed by atoms with Crippen LogP contribution >= 0.6 is 22.7 Å². The van der Waals surface area contributed by atoms with Gasteiger partial charge >= 0.3 is 18.2 Å². The molecule has 0 aromatic carbocycles. The summed E-state index contributed by atoms with van der Waals surface area (Å²) in [5.41, 5.74) is 1.81. The molecule has 3 heterocycles. The number of nitrogens with one attached hydrogen (secondary N) is 2. The second-order valence-electron chi connectivity index (χ2n) is 9.42. The molecule has 37 heavy (non-hydrogen) atoms. The standard InChI is InChI=1S/C25H30F3N3O4S2/c1-4-35-23(33)19-15-7-5-6-8-17(15)37-21(19)30-24(34)29-11-16-14-9-10-31(22(32)13(2)3)12-18(14)36-20(16)25(26,27)28/h13H,4-12H2,1-3H3,(H2,29,30,34). The molecule has 0 saturated heterocycles. The van der Waals surface area contributed by atoms with Crippen LogP contribution in [0.3, 0.4) is 0 Å². The molecule has 0 spiro atoms. The fraction of sp³-hybridized carbons (Fsp3) is 0.560. The Labute approximate surface area is 221 Å². The molecule has 4 rings (SSSR count). The summed E-state index contributed by atoms with van der Waals surface area (Å²) in [7, 11) is 0. The van der Waals surface area contributed by atoms with Gasteiger partial charge in [-0.25, -0.2) is 9.59 Å². The fourth-order valence-electron chi connectivity index (χ4n) is 4.83. The Morgan fingerprint density at radius 3 is 2.46 bits per heavy atom. The summed E-state index contributed by atoms with van der Waals surface area (Å²) in [6.07, 6.45) is -0.829. The summed E-state index contributed by atoms with van der Waals surface area (Å²) in [4.78, 5) is 40.2. The summed E-state index contributed by atoms with van der Waals surface area (Å²) in [6.45, 7) is 5.58. The largest absolute Gasteiger partial charge is 0.462 e. The number of hydrogen-bond donors (Lipinski definition) is 2. The maximum atomic E-state index is 13.9. The van der Waals surface area contributed by atoms with E-state index in [1.54, 1.807) is 25.7 Å². The van der Waals surface area contributed by atoms with Gasteiger partial charge in [0.15, 0.2) is 0 Å². The van der Waals surface area contributed by atoms with Crippen molar-refractivity contribution in [3.63, 3.8) is 0 Å². The van der Waals surface area contributed by atoms with Crippen molar-refractivity contribution in [2.75, 3.05) is 18.5 Å². The van der Waals surface area contributed by atoms with Gasteiger partial charge in [-0.1, -0.05) is 13.8 Å². The Morgan fingerprint density at radius 2 is 1.78 bits per heavy atom. The van der Waals surface area contributed by atoms with E-state index in [1.165, 1.54) is 11.3 Å². The molecular formula is C25H30F3N3O4S2. The third-order valence-electron chi connectivity index (χ3n) is 6.53. The molecule has 0 unspecified atom stereocenters. The Kier molecular flexibility index (Phi) is 8.17. The number of carbonyl (C=O) groups excluding carboxylic acids is 3. The van der Waals surface area contributed by atoms with Crippen LogP contribution in [0.5, 0.6) is 0 Å². The summed E-state index contributed by atoms with van der Waals surface area (Å²) >= 11 is 1.95. The first-order chi connectivity index (χ1) is 17.5. The maximum absolute atomic E-state index is 13.9. The van der Waals surface area contributed by atoms with E-state index < -0.39 is 23.1 Å². The fourth-order valence-corrected chi connectivity index (χ4v) is 7.35. The van der Waals surface area contributed by atoms with E-state index in [9.17, 15) is 27.6 Å². The Bertz CT molecular complexity index is 1200. The first-order valence-electron chi connectivity index (χ1n) is 12.4. The van der Waals surface area contributed by atoms with Crippen molar-refractivity contribution < 1.29 is 32.3 Å². The van der Waals surface area contributed by atoms with Crippen LogP contribution in [-0.4, -0.2) is 36.0 Å². The summed E-state index contributed by atoms with van der Waals surface area (Å²) in [5, 5.41) is 5.59. The van der Waals surface area contributed by atoms with E-state index in [-0.39, 0.29) is 37.1 Å². The predicted molar refractivity (Wildman–Crippen MR) is 136 cm³/mol. The second kappa shape index (κ2) is 11.0. The van der Waals surface area contributed by atoms with E-state index in [1.807, 2.05) is 0 Å². The van der Waals surface area contributed by atoms with Gasteiger partial charge in [-0.15, -0.1) is 22.7 Å². The van der Waals surface area contributed by atoms with Gasteiger partial charge in [0.05, 0.1) is 18.7 Å². The van der Waals surface area contributed by atoms with Gasteiger partial charge in [-0.05, 0) is 55.7 Å². The molecule has 2 aromatic rings. The van der Waals surface area contributed by atoms with Crippen molar-refractivity contribution in [1.29, 1.82) is 0 Å². The Hall–Kier alpha value is -2.60. The number of carbonyl (C=O) groups is 3. The van der Waals surface area contributed by atoms with Crippen molar-refractivity contribution in [2.24, 2.45) is 5.92 Å². The minimum Gasteiger partial charge on any atom is -0.462 e. The van der Waals surface area contributed by atoms with Gasteiger partial charge in [0.1, 0.15) is 9.88 Å². The molecular weight excluding hydrogens is 527 g/mol. The van der Waals surface area contributed by atoms with Crippen molar-refractivity contribution >= 4 is 45.6 Å². The molecule has 2 aliphatic rings. The number of rotatable bonds is 6. The highest BCUT2D eigenvalue weighted by Crippen LogP contribution is 2.43. The minimum atomic E-state index is -4.58. The zero-order valence-corrected chi connectivity index (χ0v) is 22.6. The van der Waals surface area contributed by atoms with E-state index in [0.29, 0.717) is 45.3 Å². The molecule has 7 nitrogen and oxygen atoms in total. The van der Waals surface area contributed by atoms with Crippen LogP contribution in [0.15, 0.2) is 0 Å². The Morgan fingerprint density at radius 1 is 1.05 bits per heavy atom. The number of alkyl halides is 3. The number of esters is 1. The van der Waals surface area contributed by atoms with Gasteiger partial charge < -0.3 is 15.0 Å². The zero-order chi connectivity index (χ0) is 26.9. The van der Waals surface area contributed by atoms with Crippen molar-refractivity contribution in [2.45, 2.75) is 72.1 Å². The third kappa shape index (κ3) is 5.79. The number of thiophene rings is 2. The number of amides is 3. The molecule has 202 valence electrons. The molecule has 0 saturated carbocycles. The number of nitrogens with zero attached hydrogens (tertiary/aromatic N) is 1. The highest BCUT2D eigenvalue weighted by molar-refractivity contribution is 7.17. The molecule has 2 N–H and O–H groups in total. The molecule has 2 aromatic heterocycles. The highest BCUT2D eigenvalue weighted by Gasteiger charge is 2.39. The smallest absolute Gasteiger partial charge is 0.425 e. The summed E-state index contributed by atoms with van der Waals surface area (Å²) in [6, 6.07) is -0.690. The van der Waals surface area contributed by atoms with Crippen molar-refractivity contribution in [1.82, 2.24) is 10.2 Å². The number of hydrogen-bond acceptors (Lipinski definition) is 6. The van der Waals surface area contributed by atoms with Crippen molar-refractivity contribution in [3.8, 4) is 0 Å². The third-order valence-corrected chi connectivity index (χ3v) is 9.04. The number of fused-ring (bicyclic) bond motifs is 2. The van der Waals surface area contributed by atoms with Crippen LogP contribution < -0.4 is 10.6 Å². The molecule has 1 aliphatic carbocycles. The van der Waals surface area contributed by atoms with Crippen LogP contribution in [0.4, 0.5) is 23.0 Å². The summed E-state index contributed by atoms with van der Waals surface area (Å²) in [5.74, 6) is -0.845. The lowest BCUT2D eigenvalue weighted by atomic mass is 9.95. The first kappa shape index (κ1) is 27.4. The van der Waals surface area contributed by atoms with E-state index in [4.69, 9.17) is 4.74 Å². The summed E-state index contributed by atoms with van der Waals surface area (Å²) < 4.78 is 46.9. The van der Waals surface area contributed by atoms with E-state index in [0.717, 1.165) is 36.1 Å². The average molecular weight is 558 g/mol. The van der Waals surface area contributed by atoms with Crippen LogP contribution in [-0.2, 0) is 48.1 Å². The lowest BCUT2D eigenvalue weighted by Gasteiger charge is -2.29. The van der Waals surface area contributed by atoms with Gasteiger partial charge in [0.25, 0.3) is 0 Å². The van der Waals surface area contributed by atoms with Crippen LogP contribution in [0.2, 0.25) is 0 Å². The molecule has 0 fully saturated rings. The van der Waals surface area contributed by atoms with E-state index >= 15 is 0 Å². The quantitative estimate of drug-likeness (QED) is 0.443. The van der Waals surface area contributed by atoms with E-state index in [2.05, 4.69) is 10.6 Å². The number of halogens is 3. The molecule has 3 amide bonds. The second-order valence-corrected chi connectivity index (χ2v) is 11.6. The lowest BCUT2D eigenvalue weighted by Crippen LogP contribution is -2.38. The highest BCUT2D eigenvalue weighted by atomic mass is 32.1. The van der Waals surface area contributed by atoms with Crippen LogP contribution in [0.1, 0.15) is 75.3 Å². The SMILES string of the molecule is CCOC(=O)c1c(NC(=O)NCc2c(C(F)(F)F)sc3c2CCN(C(=O)C(C)C)C3)sc2c1CCCC2. The topological polar surface area (TPSA) is 87.7 Å². The molecule has 0 atom stereocenters. The van der Waals surface area contributed by atoms with Gasteiger partial charge in [-0.2, -0.15) is 13.2 Å². The molecule has 0 radical (unpaired) electrons. The van der Waals surface area contributed by atoms with Crippen molar-refractivity contribution in [3.05, 3.63) is 36.9 Å². The zero-order valence-electron chi connectivity index (χ0n) is 21.0. The van der Waals surface area contributed by atoms with Gasteiger partial charge in [0, 0.05) is 28.8 Å². The first-order valence-corrected chi connectivity index (χ1v) is 14.0. The van der Waals surface area contributed by atoms with Crippen LogP contribution in [0, 0.1) is 5.92 Å². The number of ether oxygens (including phenoxy) is 1. The number of urea groups is 1. The van der Waals surface area contributed by atoms with Gasteiger partial charge in [0.2, 0.25) is 5.91 Å². The molecule has 1 aliphatic heterocycles. The minimum absolute atomic E-state index is 0.0374. The molecule has 0 bridgehead atoms. The number of anilines is 1. The monoisotopic (exact) mass is 557 g/mol. The predicted octanol–water partition coefficient (Wildman–Crippen LogP) is 5.75. The lowest BCUT2D eigenvalue weighted by molar-refractivity contribution is -0.136.